The van der Waals surface area contributed by atoms with E-state index in [0.717, 1.165) is 18.5 Å². The summed E-state index contributed by atoms with van der Waals surface area (Å²) in [6.07, 6.45) is 0.970. The first-order valence-electron chi connectivity index (χ1n) is 7.07. The molecule has 0 aliphatic heterocycles. The SMILES string of the molecule is CCCNC(COc1c(F)cccc1F)c1ccccc1. The summed E-state index contributed by atoms with van der Waals surface area (Å²) in [6, 6.07) is 13.3. The van der Waals surface area contributed by atoms with Crippen LogP contribution in [-0.4, -0.2) is 13.2 Å². The lowest BCUT2D eigenvalue weighted by Crippen LogP contribution is -2.27. The fourth-order valence-corrected chi connectivity index (χ4v) is 2.06. The van der Waals surface area contributed by atoms with Crippen molar-refractivity contribution in [3.8, 4) is 5.75 Å². The lowest BCUT2D eigenvalue weighted by Gasteiger charge is -2.20. The molecule has 0 radical (unpaired) electrons. The first-order chi connectivity index (χ1) is 10.2. The van der Waals surface area contributed by atoms with Crippen molar-refractivity contribution in [1.29, 1.82) is 0 Å². The predicted molar refractivity (Wildman–Crippen MR) is 79.3 cm³/mol. The maximum absolute atomic E-state index is 13.6. The third-order valence-electron chi connectivity index (χ3n) is 3.16. The van der Waals surface area contributed by atoms with Crippen molar-refractivity contribution in [2.45, 2.75) is 19.4 Å². The van der Waals surface area contributed by atoms with Gasteiger partial charge in [0.25, 0.3) is 0 Å². The average molecular weight is 291 g/mol. The van der Waals surface area contributed by atoms with Gasteiger partial charge in [-0.2, -0.15) is 0 Å². The molecule has 1 atom stereocenters. The summed E-state index contributed by atoms with van der Waals surface area (Å²) in [7, 11) is 0. The molecule has 21 heavy (non-hydrogen) atoms. The summed E-state index contributed by atoms with van der Waals surface area (Å²) in [6.45, 7) is 3.04. The van der Waals surface area contributed by atoms with Crippen LogP contribution in [0.4, 0.5) is 8.78 Å². The molecule has 0 amide bonds. The van der Waals surface area contributed by atoms with Gasteiger partial charge >= 0.3 is 0 Å². The van der Waals surface area contributed by atoms with E-state index in [9.17, 15) is 8.78 Å². The summed E-state index contributed by atoms with van der Waals surface area (Å²) < 4.78 is 32.5. The third kappa shape index (κ3) is 4.26. The van der Waals surface area contributed by atoms with E-state index >= 15 is 0 Å². The second-order valence-corrected chi connectivity index (χ2v) is 4.78. The summed E-state index contributed by atoms with van der Waals surface area (Å²) in [4.78, 5) is 0. The molecule has 0 fully saturated rings. The van der Waals surface area contributed by atoms with Gasteiger partial charge in [-0.15, -0.1) is 0 Å². The normalized spacial score (nSPS) is 12.1. The molecule has 2 aromatic carbocycles. The Labute approximate surface area is 123 Å². The smallest absolute Gasteiger partial charge is 0.190 e. The van der Waals surface area contributed by atoms with Gasteiger partial charge in [0, 0.05) is 0 Å². The Morgan fingerprint density at radius 2 is 1.67 bits per heavy atom. The molecule has 4 heteroatoms. The second kappa shape index (κ2) is 7.74. The van der Waals surface area contributed by atoms with Crippen LogP contribution in [0, 0.1) is 11.6 Å². The molecule has 2 rings (SSSR count). The quantitative estimate of drug-likeness (QED) is 0.830. The zero-order valence-corrected chi connectivity index (χ0v) is 12.0. The number of rotatable bonds is 7. The van der Waals surface area contributed by atoms with Crippen molar-refractivity contribution in [2.24, 2.45) is 0 Å². The van der Waals surface area contributed by atoms with Crippen LogP contribution in [0.25, 0.3) is 0 Å². The van der Waals surface area contributed by atoms with E-state index in [2.05, 4.69) is 12.2 Å². The molecule has 1 N–H and O–H groups in total. The predicted octanol–water partition coefficient (Wildman–Crippen LogP) is 4.08. The standard InChI is InChI=1S/C17H19F2NO/c1-2-11-20-16(13-7-4-3-5-8-13)12-21-17-14(18)9-6-10-15(17)19/h3-10,16,20H,2,11-12H2,1H3. The Hall–Kier alpha value is -1.94. The number of halogens is 2. The van der Waals surface area contributed by atoms with E-state index in [1.54, 1.807) is 0 Å². The van der Waals surface area contributed by atoms with Crippen molar-refractivity contribution < 1.29 is 13.5 Å². The molecule has 2 nitrogen and oxygen atoms in total. The van der Waals surface area contributed by atoms with Crippen LogP contribution in [0.5, 0.6) is 5.75 Å². The highest BCUT2D eigenvalue weighted by Gasteiger charge is 2.15. The van der Waals surface area contributed by atoms with E-state index in [1.165, 1.54) is 18.2 Å². The number of hydrogen-bond donors (Lipinski definition) is 1. The molecule has 112 valence electrons. The Morgan fingerprint density at radius 1 is 1.00 bits per heavy atom. The lowest BCUT2D eigenvalue weighted by molar-refractivity contribution is 0.244. The van der Waals surface area contributed by atoms with E-state index in [1.807, 2.05) is 30.3 Å². The van der Waals surface area contributed by atoms with Gasteiger partial charge < -0.3 is 10.1 Å². The van der Waals surface area contributed by atoms with Crippen LogP contribution in [0.1, 0.15) is 24.9 Å². The number of ether oxygens (including phenoxy) is 1. The lowest BCUT2D eigenvalue weighted by atomic mass is 10.1. The topological polar surface area (TPSA) is 21.3 Å². The fraction of sp³-hybridized carbons (Fsp3) is 0.294. The van der Waals surface area contributed by atoms with Gasteiger partial charge in [0.05, 0.1) is 6.04 Å². The summed E-state index contributed by atoms with van der Waals surface area (Å²) in [5.41, 5.74) is 1.03. The Morgan fingerprint density at radius 3 is 2.29 bits per heavy atom. The minimum Gasteiger partial charge on any atom is -0.486 e. The van der Waals surface area contributed by atoms with Gasteiger partial charge in [-0.05, 0) is 30.7 Å². The van der Waals surface area contributed by atoms with E-state index in [0.29, 0.717) is 0 Å². The Kier molecular flexibility index (Phi) is 5.69. The minimum absolute atomic E-state index is 0.106. The van der Waals surface area contributed by atoms with E-state index in [4.69, 9.17) is 4.74 Å². The van der Waals surface area contributed by atoms with Crippen molar-refractivity contribution in [1.82, 2.24) is 5.32 Å². The van der Waals surface area contributed by atoms with Gasteiger partial charge in [-0.1, -0.05) is 43.3 Å². The summed E-state index contributed by atoms with van der Waals surface area (Å²) in [5.74, 6) is -1.69. The minimum atomic E-state index is -0.683. The number of nitrogens with one attached hydrogen (secondary N) is 1. The van der Waals surface area contributed by atoms with Gasteiger partial charge in [0.15, 0.2) is 17.4 Å². The number of benzene rings is 2. The zero-order chi connectivity index (χ0) is 15.1. The number of hydrogen-bond acceptors (Lipinski definition) is 2. The molecule has 1 unspecified atom stereocenters. The molecule has 2 aromatic rings. The van der Waals surface area contributed by atoms with E-state index in [-0.39, 0.29) is 18.4 Å². The van der Waals surface area contributed by atoms with Gasteiger partial charge in [-0.25, -0.2) is 8.78 Å². The van der Waals surface area contributed by atoms with Crippen molar-refractivity contribution in [3.05, 3.63) is 65.7 Å². The van der Waals surface area contributed by atoms with Gasteiger partial charge in [0.2, 0.25) is 0 Å². The van der Waals surface area contributed by atoms with Crippen LogP contribution >= 0.6 is 0 Å². The molecular weight excluding hydrogens is 272 g/mol. The highest BCUT2D eigenvalue weighted by Crippen LogP contribution is 2.23. The zero-order valence-electron chi connectivity index (χ0n) is 12.0. The first kappa shape index (κ1) is 15.4. The summed E-state index contributed by atoms with van der Waals surface area (Å²) in [5, 5.41) is 3.32. The van der Waals surface area contributed by atoms with Crippen LogP contribution in [0.3, 0.4) is 0 Å². The van der Waals surface area contributed by atoms with E-state index < -0.39 is 11.6 Å². The van der Waals surface area contributed by atoms with Crippen LogP contribution in [-0.2, 0) is 0 Å². The molecule has 0 aliphatic rings. The first-order valence-corrected chi connectivity index (χ1v) is 7.07. The largest absolute Gasteiger partial charge is 0.486 e. The molecule has 0 spiro atoms. The number of para-hydroxylation sites is 1. The highest BCUT2D eigenvalue weighted by molar-refractivity contribution is 5.26. The molecule has 0 saturated carbocycles. The maximum Gasteiger partial charge on any atom is 0.190 e. The molecule has 0 aromatic heterocycles. The van der Waals surface area contributed by atoms with Crippen molar-refractivity contribution >= 4 is 0 Å². The van der Waals surface area contributed by atoms with Crippen LogP contribution < -0.4 is 10.1 Å². The molecule has 0 saturated heterocycles. The molecule has 0 aliphatic carbocycles. The van der Waals surface area contributed by atoms with Crippen LogP contribution in [0.2, 0.25) is 0 Å². The summed E-state index contributed by atoms with van der Waals surface area (Å²) >= 11 is 0. The second-order valence-electron chi connectivity index (χ2n) is 4.78. The molecular formula is C17H19F2NO. The third-order valence-corrected chi connectivity index (χ3v) is 3.16. The van der Waals surface area contributed by atoms with Crippen molar-refractivity contribution in [2.75, 3.05) is 13.2 Å². The van der Waals surface area contributed by atoms with Crippen LogP contribution in [0.15, 0.2) is 48.5 Å². The molecule has 0 bridgehead atoms. The van der Waals surface area contributed by atoms with Gasteiger partial charge in [0.1, 0.15) is 6.61 Å². The van der Waals surface area contributed by atoms with Gasteiger partial charge in [-0.3, -0.25) is 0 Å². The maximum atomic E-state index is 13.6. The monoisotopic (exact) mass is 291 g/mol. The average Bonchev–Trinajstić information content (AvgIpc) is 2.50. The Balaban J connectivity index is 2.09. The Bertz CT molecular complexity index is 540. The fourth-order valence-electron chi connectivity index (χ4n) is 2.06. The van der Waals surface area contributed by atoms with Crippen molar-refractivity contribution in [3.63, 3.8) is 0 Å². The highest BCUT2D eigenvalue weighted by atomic mass is 19.1. The molecule has 0 heterocycles.